The smallest absolute Gasteiger partial charge is 0.308 e. The third-order valence-corrected chi connectivity index (χ3v) is 3.64. The summed E-state index contributed by atoms with van der Waals surface area (Å²) >= 11 is 0. The number of rotatable bonds is 5. The minimum Gasteiger partial charge on any atom is -0.481 e. The van der Waals surface area contributed by atoms with E-state index < -0.39 is 11.9 Å². The van der Waals surface area contributed by atoms with E-state index in [2.05, 4.69) is 0 Å². The van der Waals surface area contributed by atoms with E-state index in [9.17, 15) is 19.2 Å². The molecule has 2 unspecified atom stereocenters. The number of aliphatic carboxylic acids is 1. The molecule has 1 N–H and O–H groups in total. The summed E-state index contributed by atoms with van der Waals surface area (Å²) in [6, 6.07) is 0. The molecular formula is C14H22N2O5. The van der Waals surface area contributed by atoms with Crippen molar-refractivity contribution < 1.29 is 24.3 Å². The fourth-order valence-corrected chi connectivity index (χ4v) is 2.51. The van der Waals surface area contributed by atoms with Crippen molar-refractivity contribution in [2.45, 2.75) is 26.7 Å². The molecule has 7 nitrogen and oxygen atoms in total. The molecule has 2 aliphatic rings. The number of hydrogen-bond acceptors (Lipinski definition) is 4. The molecule has 0 saturated carbocycles. The van der Waals surface area contributed by atoms with Crippen LogP contribution in [0.15, 0.2) is 0 Å². The Bertz CT molecular complexity index is 424. The van der Waals surface area contributed by atoms with Gasteiger partial charge in [-0.3, -0.25) is 14.4 Å². The van der Waals surface area contributed by atoms with Crippen LogP contribution in [0.3, 0.4) is 0 Å². The molecule has 2 atom stereocenters. The third-order valence-electron chi connectivity index (χ3n) is 3.64. The Morgan fingerprint density at radius 2 is 1.67 bits per heavy atom. The SMILES string of the molecule is CC.O=CC1CC(=O)N(CCN2CC(C(=O)O)CC2=O)C1. The molecular weight excluding hydrogens is 276 g/mol. The maximum Gasteiger partial charge on any atom is 0.308 e. The highest BCUT2D eigenvalue weighted by atomic mass is 16.4. The highest BCUT2D eigenvalue weighted by Crippen LogP contribution is 2.19. The first-order valence-electron chi connectivity index (χ1n) is 7.25. The average molecular weight is 298 g/mol. The summed E-state index contributed by atoms with van der Waals surface area (Å²) in [5.41, 5.74) is 0. The van der Waals surface area contributed by atoms with Gasteiger partial charge in [0, 0.05) is 44.9 Å². The second kappa shape index (κ2) is 7.75. The fraction of sp³-hybridized carbons (Fsp3) is 0.714. The third kappa shape index (κ3) is 4.27. The number of carbonyl (C=O) groups excluding carboxylic acids is 3. The molecule has 0 aliphatic carbocycles. The van der Waals surface area contributed by atoms with Crippen molar-refractivity contribution in [3.63, 3.8) is 0 Å². The molecule has 0 spiro atoms. The van der Waals surface area contributed by atoms with Gasteiger partial charge in [-0.05, 0) is 0 Å². The van der Waals surface area contributed by atoms with Crippen LogP contribution >= 0.6 is 0 Å². The Kier molecular flexibility index (Phi) is 6.33. The lowest BCUT2D eigenvalue weighted by atomic mass is 10.1. The molecule has 0 aromatic rings. The van der Waals surface area contributed by atoms with Crippen molar-refractivity contribution in [3.8, 4) is 0 Å². The van der Waals surface area contributed by atoms with E-state index in [-0.39, 0.29) is 37.1 Å². The van der Waals surface area contributed by atoms with E-state index in [0.29, 0.717) is 19.6 Å². The number of amides is 2. The van der Waals surface area contributed by atoms with E-state index in [1.54, 1.807) is 4.90 Å². The molecule has 2 rings (SSSR count). The highest BCUT2D eigenvalue weighted by Gasteiger charge is 2.35. The van der Waals surface area contributed by atoms with Crippen LogP contribution in [0.1, 0.15) is 26.7 Å². The van der Waals surface area contributed by atoms with Crippen LogP contribution in [0.25, 0.3) is 0 Å². The van der Waals surface area contributed by atoms with Crippen LogP contribution < -0.4 is 0 Å². The molecule has 21 heavy (non-hydrogen) atoms. The zero-order valence-corrected chi connectivity index (χ0v) is 12.4. The molecule has 0 aromatic heterocycles. The summed E-state index contributed by atoms with van der Waals surface area (Å²) in [7, 11) is 0. The van der Waals surface area contributed by atoms with Gasteiger partial charge in [0.2, 0.25) is 11.8 Å². The van der Waals surface area contributed by atoms with Gasteiger partial charge >= 0.3 is 5.97 Å². The largest absolute Gasteiger partial charge is 0.481 e. The molecule has 2 heterocycles. The van der Waals surface area contributed by atoms with Gasteiger partial charge in [0.15, 0.2) is 0 Å². The average Bonchev–Trinajstić information content (AvgIpc) is 3.02. The maximum atomic E-state index is 11.6. The highest BCUT2D eigenvalue weighted by molar-refractivity contribution is 5.86. The van der Waals surface area contributed by atoms with Gasteiger partial charge in [-0.2, -0.15) is 0 Å². The summed E-state index contributed by atoms with van der Waals surface area (Å²) in [5, 5.41) is 8.85. The lowest BCUT2D eigenvalue weighted by Gasteiger charge is -2.21. The van der Waals surface area contributed by atoms with Crippen LogP contribution in [0, 0.1) is 11.8 Å². The number of aldehydes is 1. The Morgan fingerprint density at radius 3 is 2.10 bits per heavy atom. The monoisotopic (exact) mass is 298 g/mol. The zero-order chi connectivity index (χ0) is 16.0. The van der Waals surface area contributed by atoms with Crippen molar-refractivity contribution in [1.29, 1.82) is 0 Å². The van der Waals surface area contributed by atoms with Crippen LogP contribution in [-0.4, -0.2) is 65.2 Å². The number of carbonyl (C=O) groups is 4. The molecule has 2 fully saturated rings. The first-order valence-corrected chi connectivity index (χ1v) is 7.25. The second-order valence-corrected chi connectivity index (χ2v) is 5.02. The molecule has 118 valence electrons. The van der Waals surface area contributed by atoms with Crippen molar-refractivity contribution >= 4 is 24.1 Å². The Labute approximate surface area is 123 Å². The van der Waals surface area contributed by atoms with E-state index in [1.807, 2.05) is 13.8 Å². The molecule has 7 heteroatoms. The van der Waals surface area contributed by atoms with E-state index in [0.717, 1.165) is 6.29 Å². The van der Waals surface area contributed by atoms with Crippen molar-refractivity contribution in [2.75, 3.05) is 26.2 Å². The minimum atomic E-state index is -0.964. The summed E-state index contributed by atoms with van der Waals surface area (Å²) in [6.45, 7) is 5.29. The summed E-state index contributed by atoms with van der Waals surface area (Å²) < 4.78 is 0. The van der Waals surface area contributed by atoms with Gasteiger partial charge in [-0.15, -0.1) is 0 Å². The Hall–Kier alpha value is -1.92. The predicted octanol–water partition coefficient (Wildman–Crippen LogP) is -0.00690. The van der Waals surface area contributed by atoms with E-state index >= 15 is 0 Å². The van der Waals surface area contributed by atoms with Gasteiger partial charge in [0.05, 0.1) is 5.92 Å². The molecule has 2 amide bonds. The Balaban J connectivity index is 0.00000106. The van der Waals surface area contributed by atoms with Crippen molar-refractivity contribution in [1.82, 2.24) is 9.80 Å². The lowest BCUT2D eigenvalue weighted by Crippen LogP contribution is -2.37. The topological polar surface area (TPSA) is 95.0 Å². The van der Waals surface area contributed by atoms with Gasteiger partial charge < -0.3 is 19.7 Å². The molecule has 2 aliphatic heterocycles. The minimum absolute atomic E-state index is 0.0280. The molecule has 0 radical (unpaired) electrons. The number of hydrogen-bond donors (Lipinski definition) is 1. The number of carboxylic acids is 1. The van der Waals surface area contributed by atoms with Crippen molar-refractivity contribution in [2.24, 2.45) is 11.8 Å². The number of likely N-dealkylation sites (tertiary alicyclic amines) is 2. The predicted molar refractivity (Wildman–Crippen MR) is 74.4 cm³/mol. The fourth-order valence-electron chi connectivity index (χ4n) is 2.51. The van der Waals surface area contributed by atoms with Crippen molar-refractivity contribution in [3.05, 3.63) is 0 Å². The van der Waals surface area contributed by atoms with Crippen LogP contribution in [0.4, 0.5) is 0 Å². The normalized spacial score (nSPS) is 24.9. The van der Waals surface area contributed by atoms with Crippen LogP contribution in [-0.2, 0) is 19.2 Å². The van der Waals surface area contributed by atoms with E-state index in [4.69, 9.17) is 5.11 Å². The standard InChI is InChI=1S/C12H16N2O5.C2H6/c15-7-8-3-10(16)13(5-8)1-2-14-6-9(12(18)19)4-11(14)17;1-2/h7-9H,1-6H2,(H,18,19);1-2H3. The Morgan fingerprint density at radius 1 is 1.14 bits per heavy atom. The summed E-state index contributed by atoms with van der Waals surface area (Å²) in [4.78, 5) is 47.6. The zero-order valence-electron chi connectivity index (χ0n) is 12.4. The quantitative estimate of drug-likeness (QED) is 0.720. The van der Waals surface area contributed by atoms with Crippen LogP contribution in [0.2, 0.25) is 0 Å². The summed E-state index contributed by atoms with van der Waals surface area (Å²) in [5.74, 6) is -2.14. The molecule has 0 bridgehead atoms. The molecule has 0 aromatic carbocycles. The first-order chi connectivity index (χ1) is 10.0. The van der Waals surface area contributed by atoms with Gasteiger partial charge in [0.1, 0.15) is 6.29 Å². The maximum absolute atomic E-state index is 11.6. The van der Waals surface area contributed by atoms with E-state index in [1.165, 1.54) is 4.90 Å². The lowest BCUT2D eigenvalue weighted by molar-refractivity contribution is -0.141. The summed E-state index contributed by atoms with van der Waals surface area (Å²) in [6.07, 6.45) is 1.04. The van der Waals surface area contributed by atoms with Gasteiger partial charge in [0.25, 0.3) is 0 Å². The second-order valence-electron chi connectivity index (χ2n) is 5.02. The molecule has 2 saturated heterocycles. The van der Waals surface area contributed by atoms with Gasteiger partial charge in [-0.1, -0.05) is 13.8 Å². The number of nitrogens with zero attached hydrogens (tertiary/aromatic N) is 2. The van der Waals surface area contributed by atoms with Gasteiger partial charge in [-0.25, -0.2) is 0 Å². The van der Waals surface area contributed by atoms with Crippen LogP contribution in [0.5, 0.6) is 0 Å². The first kappa shape index (κ1) is 17.1. The number of carboxylic acid groups (broad SMARTS) is 1.